The molecule has 0 unspecified atom stereocenters. The molecule has 104 valence electrons. The van der Waals surface area contributed by atoms with Crippen LogP contribution in [0.25, 0.3) is 0 Å². The molecule has 7 nitrogen and oxygen atoms in total. The molecule has 0 aromatic carbocycles. The summed E-state index contributed by atoms with van der Waals surface area (Å²) in [6.07, 6.45) is 2.66. The Morgan fingerprint density at radius 3 is 2.42 bits per heavy atom. The molecule has 1 aromatic rings. The second kappa shape index (κ2) is 6.12. The van der Waals surface area contributed by atoms with Gasteiger partial charge in [0.05, 0.1) is 26.0 Å². The number of amides is 1. The number of carbonyl (C=O) groups excluding carboxylic acids is 2. The topological polar surface area (TPSA) is 93.2 Å². The quantitative estimate of drug-likeness (QED) is 0.775. The highest BCUT2D eigenvalue weighted by Gasteiger charge is 2.13. The van der Waals surface area contributed by atoms with Gasteiger partial charge in [0.25, 0.3) is 0 Å². The lowest BCUT2D eigenvalue weighted by atomic mass is 10.1. The normalized spacial score (nSPS) is 10.7. The lowest BCUT2D eigenvalue weighted by Crippen LogP contribution is -2.43. The van der Waals surface area contributed by atoms with Crippen molar-refractivity contribution in [3.63, 3.8) is 0 Å². The average Bonchev–Trinajstić information content (AvgIpc) is 2.34. The van der Waals surface area contributed by atoms with Gasteiger partial charge in [-0.3, -0.25) is 4.79 Å². The van der Waals surface area contributed by atoms with Crippen LogP contribution in [0.4, 0.5) is 5.82 Å². The van der Waals surface area contributed by atoms with E-state index in [4.69, 9.17) is 0 Å². The van der Waals surface area contributed by atoms with E-state index in [-0.39, 0.29) is 23.7 Å². The monoisotopic (exact) mass is 266 g/mol. The summed E-state index contributed by atoms with van der Waals surface area (Å²) in [5.74, 6) is -0.285. The Hall–Kier alpha value is -2.18. The zero-order valence-corrected chi connectivity index (χ0v) is 11.5. The van der Waals surface area contributed by atoms with Gasteiger partial charge in [-0.25, -0.2) is 14.8 Å². The second-order valence-corrected chi connectivity index (χ2v) is 4.93. The Morgan fingerprint density at radius 2 is 1.95 bits per heavy atom. The Labute approximate surface area is 111 Å². The average molecular weight is 266 g/mol. The number of nitrogens with one attached hydrogen (secondary N) is 2. The van der Waals surface area contributed by atoms with E-state index in [2.05, 4.69) is 25.3 Å². The van der Waals surface area contributed by atoms with E-state index in [0.717, 1.165) is 0 Å². The van der Waals surface area contributed by atoms with Gasteiger partial charge in [0.15, 0.2) is 5.69 Å². The van der Waals surface area contributed by atoms with Crippen molar-refractivity contribution in [1.29, 1.82) is 0 Å². The molecule has 0 fully saturated rings. The van der Waals surface area contributed by atoms with Crippen LogP contribution in [0.3, 0.4) is 0 Å². The number of nitrogens with zero attached hydrogens (tertiary/aromatic N) is 2. The number of hydrogen-bond acceptors (Lipinski definition) is 6. The Balaban J connectivity index is 2.50. The highest BCUT2D eigenvalue weighted by Crippen LogP contribution is 2.02. The lowest BCUT2D eigenvalue weighted by molar-refractivity contribution is -0.120. The third-order valence-corrected chi connectivity index (χ3v) is 1.99. The first-order chi connectivity index (χ1) is 8.81. The van der Waals surface area contributed by atoms with Crippen LogP contribution in [-0.4, -0.2) is 41.0 Å². The van der Waals surface area contributed by atoms with Crippen LogP contribution in [0.1, 0.15) is 31.3 Å². The number of rotatable bonds is 4. The van der Waals surface area contributed by atoms with E-state index in [1.54, 1.807) is 0 Å². The number of methoxy groups -OCH3 is 1. The maximum atomic E-state index is 11.6. The van der Waals surface area contributed by atoms with Crippen LogP contribution in [0, 0.1) is 0 Å². The summed E-state index contributed by atoms with van der Waals surface area (Å²) in [6.45, 7) is 5.78. The maximum Gasteiger partial charge on any atom is 0.358 e. The van der Waals surface area contributed by atoms with Crippen molar-refractivity contribution < 1.29 is 14.3 Å². The molecule has 0 aliphatic rings. The summed E-state index contributed by atoms with van der Waals surface area (Å²) in [5.41, 5.74) is -0.161. The molecule has 0 bridgehead atoms. The molecule has 0 atom stereocenters. The van der Waals surface area contributed by atoms with Crippen LogP contribution in [0.15, 0.2) is 12.4 Å². The van der Waals surface area contributed by atoms with Crippen LogP contribution < -0.4 is 10.6 Å². The molecule has 0 saturated heterocycles. The molecule has 19 heavy (non-hydrogen) atoms. The fourth-order valence-corrected chi connectivity index (χ4v) is 1.26. The predicted octanol–water partition coefficient (Wildman–Crippen LogP) is 0.590. The van der Waals surface area contributed by atoms with Gasteiger partial charge in [0.2, 0.25) is 5.91 Å². The molecule has 0 saturated carbocycles. The number of carbonyl (C=O) groups is 2. The van der Waals surface area contributed by atoms with Crippen LogP contribution in [0.2, 0.25) is 0 Å². The summed E-state index contributed by atoms with van der Waals surface area (Å²) >= 11 is 0. The van der Waals surface area contributed by atoms with Crippen LogP contribution in [0.5, 0.6) is 0 Å². The molecule has 7 heteroatoms. The summed E-state index contributed by atoms with van der Waals surface area (Å²) in [6, 6.07) is 0. The van der Waals surface area contributed by atoms with E-state index < -0.39 is 5.97 Å². The van der Waals surface area contributed by atoms with Crippen LogP contribution in [-0.2, 0) is 9.53 Å². The third-order valence-electron chi connectivity index (χ3n) is 1.99. The van der Waals surface area contributed by atoms with Crippen molar-refractivity contribution in [1.82, 2.24) is 15.3 Å². The Kier molecular flexibility index (Phi) is 4.80. The minimum atomic E-state index is -0.551. The predicted molar refractivity (Wildman–Crippen MR) is 69.8 cm³/mol. The molecule has 1 aromatic heterocycles. The molecule has 1 amide bonds. The van der Waals surface area contributed by atoms with Gasteiger partial charge >= 0.3 is 5.97 Å². The zero-order chi connectivity index (χ0) is 14.5. The summed E-state index contributed by atoms with van der Waals surface area (Å²) in [4.78, 5) is 30.5. The molecular formula is C12H18N4O3. The van der Waals surface area contributed by atoms with Crippen molar-refractivity contribution in [3.05, 3.63) is 18.1 Å². The van der Waals surface area contributed by atoms with E-state index >= 15 is 0 Å². The molecule has 1 heterocycles. The van der Waals surface area contributed by atoms with Gasteiger partial charge in [-0.15, -0.1) is 0 Å². The Bertz CT molecular complexity index is 451. The fourth-order valence-electron chi connectivity index (χ4n) is 1.26. The molecule has 2 N–H and O–H groups in total. The first-order valence-electron chi connectivity index (χ1n) is 5.77. The number of anilines is 1. The standard InChI is InChI=1S/C12H18N4O3/c1-12(2,3)16-10(17)7-15-9-6-13-8(5-14-9)11(18)19-4/h5-6H,7H2,1-4H3,(H,14,15)(H,16,17). The van der Waals surface area contributed by atoms with E-state index in [9.17, 15) is 9.59 Å². The van der Waals surface area contributed by atoms with Crippen molar-refractivity contribution in [3.8, 4) is 0 Å². The van der Waals surface area contributed by atoms with Gasteiger partial charge in [-0.1, -0.05) is 0 Å². The molecule has 0 spiro atoms. The number of aromatic nitrogens is 2. The van der Waals surface area contributed by atoms with E-state index in [0.29, 0.717) is 5.82 Å². The largest absolute Gasteiger partial charge is 0.464 e. The minimum Gasteiger partial charge on any atom is -0.464 e. The first kappa shape index (κ1) is 14.9. The zero-order valence-electron chi connectivity index (χ0n) is 11.5. The van der Waals surface area contributed by atoms with Crippen molar-refractivity contribution >= 4 is 17.7 Å². The Morgan fingerprint density at radius 1 is 1.26 bits per heavy atom. The maximum absolute atomic E-state index is 11.6. The van der Waals surface area contributed by atoms with Crippen molar-refractivity contribution in [2.45, 2.75) is 26.3 Å². The first-order valence-corrected chi connectivity index (χ1v) is 5.77. The summed E-state index contributed by atoms with van der Waals surface area (Å²) < 4.78 is 4.50. The van der Waals surface area contributed by atoms with Crippen molar-refractivity contribution in [2.24, 2.45) is 0 Å². The van der Waals surface area contributed by atoms with Gasteiger partial charge in [0, 0.05) is 5.54 Å². The SMILES string of the molecule is COC(=O)c1cnc(NCC(=O)NC(C)(C)C)cn1. The molecule has 1 rings (SSSR count). The number of esters is 1. The fraction of sp³-hybridized carbons (Fsp3) is 0.500. The summed E-state index contributed by atoms with van der Waals surface area (Å²) in [5, 5.41) is 5.62. The van der Waals surface area contributed by atoms with Gasteiger partial charge in [-0.2, -0.15) is 0 Å². The molecule has 0 radical (unpaired) electrons. The highest BCUT2D eigenvalue weighted by molar-refractivity contribution is 5.86. The second-order valence-electron chi connectivity index (χ2n) is 4.93. The highest BCUT2D eigenvalue weighted by atomic mass is 16.5. The smallest absolute Gasteiger partial charge is 0.358 e. The van der Waals surface area contributed by atoms with E-state index in [1.807, 2.05) is 20.8 Å². The van der Waals surface area contributed by atoms with Gasteiger partial charge in [-0.05, 0) is 20.8 Å². The molecule has 0 aliphatic carbocycles. The van der Waals surface area contributed by atoms with Crippen LogP contribution >= 0.6 is 0 Å². The molecular weight excluding hydrogens is 248 g/mol. The third kappa shape index (κ3) is 5.33. The van der Waals surface area contributed by atoms with E-state index in [1.165, 1.54) is 19.5 Å². The minimum absolute atomic E-state index is 0.0868. The number of ether oxygens (including phenoxy) is 1. The lowest BCUT2D eigenvalue weighted by Gasteiger charge is -2.20. The summed E-state index contributed by atoms with van der Waals surface area (Å²) in [7, 11) is 1.27. The molecule has 0 aliphatic heterocycles. The van der Waals surface area contributed by atoms with Gasteiger partial charge < -0.3 is 15.4 Å². The van der Waals surface area contributed by atoms with Crippen molar-refractivity contribution in [2.75, 3.05) is 19.0 Å². The number of hydrogen-bond donors (Lipinski definition) is 2. The van der Waals surface area contributed by atoms with Gasteiger partial charge in [0.1, 0.15) is 5.82 Å².